The monoisotopic (exact) mass is 1090 g/mol. The topological polar surface area (TPSA) is 100 Å². The quantitative estimate of drug-likeness (QED) is 0.127. The van der Waals surface area contributed by atoms with Gasteiger partial charge in [-0.1, -0.05) is 188 Å². The third kappa shape index (κ3) is 8.99. The molecule has 0 bridgehead atoms. The molecule has 86 heavy (non-hydrogen) atoms. The van der Waals surface area contributed by atoms with Crippen LogP contribution in [0.3, 0.4) is 0 Å². The fourth-order valence-corrected chi connectivity index (χ4v) is 12.1. The van der Waals surface area contributed by atoms with Gasteiger partial charge in [-0.3, -0.25) is 0 Å². The standard InChI is InChI=1S/C78H46N8/c1-81-63-35-29-54(30-36-63)57-23-14-24-62(43-57)76-82-77(66-37-31-60(55-21-12-15-50(41-55)48-79)46-74(66)85-70-27-10-8-25-64(70)68-44-58(33-39-72(68)85)52-17-4-2-5-18-52)84-78(83-76)67-38-32-61(56-22-13-16-51(42-56)49-80)47-75(67)86-71-28-11-9-26-65(71)69-45-59(34-40-73(69)86)53-19-6-3-7-20-53/h2-47H. The number of hydrogen-bond acceptors (Lipinski definition) is 5. The van der Waals surface area contributed by atoms with Crippen LogP contribution in [0.5, 0.6) is 0 Å². The smallest absolute Gasteiger partial charge is 0.187 e. The normalized spacial score (nSPS) is 11.2. The highest BCUT2D eigenvalue weighted by Crippen LogP contribution is 2.43. The van der Waals surface area contributed by atoms with E-state index in [-0.39, 0.29) is 0 Å². The molecule has 0 aliphatic rings. The van der Waals surface area contributed by atoms with Crippen molar-refractivity contribution < 1.29 is 0 Å². The van der Waals surface area contributed by atoms with Gasteiger partial charge in [-0.05, 0) is 147 Å². The summed E-state index contributed by atoms with van der Waals surface area (Å²) >= 11 is 0. The Morgan fingerprint density at radius 3 is 1.14 bits per heavy atom. The highest BCUT2D eigenvalue weighted by Gasteiger charge is 2.24. The Kier molecular flexibility index (Phi) is 12.5. The summed E-state index contributed by atoms with van der Waals surface area (Å²) < 4.78 is 4.64. The van der Waals surface area contributed by atoms with Crippen molar-refractivity contribution in [3.05, 3.63) is 302 Å². The molecule has 0 amide bonds. The number of benzene rings is 12. The molecule has 12 aromatic carbocycles. The molecule has 0 atom stereocenters. The molecule has 0 saturated carbocycles. The van der Waals surface area contributed by atoms with Gasteiger partial charge in [-0.25, -0.2) is 19.8 Å². The molecule has 3 aromatic heterocycles. The average molecular weight is 1100 g/mol. The molecule has 3 heterocycles. The van der Waals surface area contributed by atoms with Gasteiger partial charge in [0.15, 0.2) is 23.2 Å². The van der Waals surface area contributed by atoms with Crippen LogP contribution in [0.15, 0.2) is 279 Å². The fourth-order valence-electron chi connectivity index (χ4n) is 12.1. The Morgan fingerprint density at radius 1 is 0.291 bits per heavy atom. The van der Waals surface area contributed by atoms with E-state index in [1.807, 2.05) is 97.1 Å². The van der Waals surface area contributed by atoms with Crippen LogP contribution in [-0.4, -0.2) is 24.1 Å². The lowest BCUT2D eigenvalue weighted by molar-refractivity contribution is 1.06. The molecule has 8 nitrogen and oxygen atoms in total. The third-order valence-electron chi connectivity index (χ3n) is 16.3. The van der Waals surface area contributed by atoms with Crippen molar-refractivity contribution in [2.75, 3.05) is 0 Å². The summed E-state index contributed by atoms with van der Waals surface area (Å²) in [5, 5.41) is 24.6. The minimum absolute atomic E-state index is 0.447. The summed E-state index contributed by atoms with van der Waals surface area (Å²) in [6, 6.07) is 100. The van der Waals surface area contributed by atoms with Crippen LogP contribution in [0.2, 0.25) is 0 Å². The highest BCUT2D eigenvalue weighted by molar-refractivity contribution is 6.12. The van der Waals surface area contributed by atoms with Crippen molar-refractivity contribution in [2.24, 2.45) is 0 Å². The molecule has 0 unspecified atom stereocenters. The Hall–Kier alpha value is -12.3. The van der Waals surface area contributed by atoms with Crippen molar-refractivity contribution in [3.8, 4) is 113 Å². The largest absolute Gasteiger partial charge is 0.308 e. The first-order chi connectivity index (χ1) is 42.5. The molecule has 0 saturated heterocycles. The molecule has 15 aromatic rings. The number of rotatable bonds is 10. The maximum atomic E-state index is 10.1. The van der Waals surface area contributed by atoms with E-state index in [9.17, 15) is 10.5 Å². The van der Waals surface area contributed by atoms with E-state index < -0.39 is 0 Å². The van der Waals surface area contributed by atoms with Gasteiger partial charge in [-0.2, -0.15) is 10.5 Å². The molecule has 15 rings (SSSR count). The second kappa shape index (κ2) is 21.2. The van der Waals surface area contributed by atoms with Crippen LogP contribution < -0.4 is 0 Å². The second-order valence-corrected chi connectivity index (χ2v) is 21.3. The minimum Gasteiger partial charge on any atom is -0.308 e. The molecule has 8 heteroatoms. The van der Waals surface area contributed by atoms with Crippen molar-refractivity contribution in [1.82, 2.24) is 24.1 Å². The molecule has 0 N–H and O–H groups in total. The first-order valence-electron chi connectivity index (χ1n) is 28.3. The summed E-state index contributed by atoms with van der Waals surface area (Å²) in [6.45, 7) is 7.63. The van der Waals surface area contributed by atoms with E-state index in [2.05, 4.69) is 208 Å². The molecule has 0 radical (unpaired) electrons. The third-order valence-corrected chi connectivity index (χ3v) is 16.3. The Bertz CT molecular complexity index is 5050. The fraction of sp³-hybridized carbons (Fsp3) is 0. The van der Waals surface area contributed by atoms with Gasteiger partial charge in [0, 0.05) is 38.2 Å². The van der Waals surface area contributed by atoms with Crippen molar-refractivity contribution in [3.63, 3.8) is 0 Å². The van der Waals surface area contributed by atoms with E-state index in [1.54, 1.807) is 0 Å². The number of para-hydroxylation sites is 2. The van der Waals surface area contributed by atoms with Crippen LogP contribution in [0.1, 0.15) is 11.1 Å². The van der Waals surface area contributed by atoms with E-state index >= 15 is 0 Å². The molecular weight excluding hydrogens is 1050 g/mol. The van der Waals surface area contributed by atoms with Crippen molar-refractivity contribution >= 4 is 49.3 Å². The molecule has 0 spiro atoms. The first kappa shape index (κ1) is 50.7. The predicted octanol–water partition coefficient (Wildman–Crippen LogP) is 19.7. The van der Waals surface area contributed by atoms with Crippen LogP contribution in [0.4, 0.5) is 5.69 Å². The summed E-state index contributed by atoms with van der Waals surface area (Å²) in [7, 11) is 0. The lowest BCUT2D eigenvalue weighted by Gasteiger charge is -2.18. The number of aromatic nitrogens is 5. The summed E-state index contributed by atoms with van der Waals surface area (Å²) in [6.07, 6.45) is 0. The first-order valence-corrected chi connectivity index (χ1v) is 28.3. The van der Waals surface area contributed by atoms with E-state index in [0.29, 0.717) is 34.3 Å². The van der Waals surface area contributed by atoms with E-state index in [1.165, 1.54) is 0 Å². The van der Waals surface area contributed by atoms with Gasteiger partial charge in [0.2, 0.25) is 0 Å². The molecule has 398 valence electrons. The van der Waals surface area contributed by atoms with Gasteiger partial charge in [0.1, 0.15) is 0 Å². The zero-order valence-electron chi connectivity index (χ0n) is 46.1. The number of nitrogens with zero attached hydrogens (tertiary/aromatic N) is 8. The summed E-state index contributed by atoms with van der Waals surface area (Å²) in [5.74, 6) is 1.35. The van der Waals surface area contributed by atoms with Gasteiger partial charge >= 0.3 is 0 Å². The Morgan fingerprint density at radius 2 is 0.651 bits per heavy atom. The zero-order chi connectivity index (χ0) is 57.7. The molecule has 0 aliphatic heterocycles. The van der Waals surface area contributed by atoms with Gasteiger partial charge < -0.3 is 9.13 Å². The number of hydrogen-bond donors (Lipinski definition) is 0. The maximum Gasteiger partial charge on any atom is 0.187 e. The van der Waals surface area contributed by atoms with Crippen LogP contribution in [0, 0.1) is 29.2 Å². The van der Waals surface area contributed by atoms with E-state index in [4.69, 9.17) is 21.5 Å². The molecule has 0 aliphatic carbocycles. The lowest BCUT2D eigenvalue weighted by atomic mass is 9.99. The zero-order valence-corrected chi connectivity index (χ0v) is 46.1. The van der Waals surface area contributed by atoms with Crippen molar-refractivity contribution in [2.45, 2.75) is 0 Å². The van der Waals surface area contributed by atoms with E-state index in [0.717, 1.165) is 127 Å². The van der Waals surface area contributed by atoms with Crippen molar-refractivity contribution in [1.29, 1.82) is 10.5 Å². The number of fused-ring (bicyclic) bond motifs is 6. The summed E-state index contributed by atoms with van der Waals surface area (Å²) in [5.41, 5.74) is 19.7. The average Bonchev–Trinajstić information content (AvgIpc) is 2.10. The predicted molar refractivity (Wildman–Crippen MR) is 348 cm³/mol. The summed E-state index contributed by atoms with van der Waals surface area (Å²) in [4.78, 5) is 20.4. The maximum absolute atomic E-state index is 10.1. The lowest BCUT2D eigenvalue weighted by Crippen LogP contribution is -2.06. The van der Waals surface area contributed by atoms with Gasteiger partial charge in [0.05, 0.1) is 63.3 Å². The second-order valence-electron chi connectivity index (χ2n) is 21.3. The minimum atomic E-state index is 0.447. The Balaban J connectivity index is 1.02. The highest BCUT2D eigenvalue weighted by atomic mass is 15.1. The van der Waals surface area contributed by atoms with Gasteiger partial charge in [-0.15, -0.1) is 0 Å². The Labute approximate surface area is 496 Å². The van der Waals surface area contributed by atoms with Crippen LogP contribution in [-0.2, 0) is 0 Å². The van der Waals surface area contributed by atoms with Gasteiger partial charge in [0.25, 0.3) is 0 Å². The molecular formula is C78H46N8. The SMILES string of the molecule is [C-]#[N+]c1ccc(-c2cccc(-c3nc(-c4ccc(-c5cccc(C#N)c5)cc4-n4c5ccccc5c5cc(-c6ccccc6)ccc54)nc(-c4ccc(-c5cccc(C#N)c5)cc4-n4c5ccccc5c5cc(-c6ccccc6)ccc54)n3)c2)cc1. The van der Waals surface area contributed by atoms with Crippen LogP contribution in [0.25, 0.3) is 150 Å². The molecule has 0 fully saturated rings. The number of nitriles is 2. The van der Waals surface area contributed by atoms with Crippen LogP contribution >= 0.6 is 0 Å².